The summed E-state index contributed by atoms with van der Waals surface area (Å²) in [4.78, 5) is 10.2. The van der Waals surface area contributed by atoms with Crippen molar-refractivity contribution >= 4 is 33.4 Å². The van der Waals surface area contributed by atoms with Gasteiger partial charge in [-0.15, -0.1) is 10.8 Å². The molecular weight excluding hydrogens is 420 g/mol. The van der Waals surface area contributed by atoms with E-state index in [2.05, 4.69) is 30.3 Å². The van der Waals surface area contributed by atoms with Crippen LogP contribution in [0.3, 0.4) is 0 Å². The summed E-state index contributed by atoms with van der Waals surface area (Å²) in [6.45, 7) is 1.76. The van der Waals surface area contributed by atoms with Gasteiger partial charge in [-0.2, -0.15) is 8.42 Å². The third-order valence-corrected chi connectivity index (χ3v) is 5.15. The molecular formula is C20H22N6O4S. The first-order chi connectivity index (χ1) is 14.6. The molecule has 0 aliphatic carbocycles. The van der Waals surface area contributed by atoms with Gasteiger partial charge >= 0.3 is 10.2 Å². The van der Waals surface area contributed by atoms with E-state index >= 15 is 0 Å². The van der Waals surface area contributed by atoms with E-state index in [1.807, 2.05) is 0 Å². The Kier molecular flexibility index (Phi) is 6.03. The van der Waals surface area contributed by atoms with Gasteiger partial charge in [0, 0.05) is 21.1 Å². The molecule has 10 nitrogen and oxygen atoms in total. The number of amidine groups is 3. The Bertz CT molecular complexity index is 1230. The molecule has 0 radical (unpaired) electrons. The number of phenols is 1. The topological polar surface area (TPSA) is 132 Å². The zero-order chi connectivity index (χ0) is 22.8. The quantitative estimate of drug-likeness (QED) is 0.286. The molecule has 11 heteroatoms. The summed E-state index contributed by atoms with van der Waals surface area (Å²) in [5.41, 5.74) is 0.676. The third kappa shape index (κ3) is 4.70. The van der Waals surface area contributed by atoms with E-state index in [0.29, 0.717) is 22.9 Å². The molecule has 1 aliphatic rings. The molecule has 162 valence electrons. The second-order valence-electron chi connectivity index (χ2n) is 6.78. The summed E-state index contributed by atoms with van der Waals surface area (Å²) in [6, 6.07) is 7.48. The average Bonchev–Trinajstić information content (AvgIpc) is 3.25. The van der Waals surface area contributed by atoms with Gasteiger partial charge in [0.25, 0.3) is 0 Å². The van der Waals surface area contributed by atoms with Crippen LogP contribution in [-0.4, -0.2) is 57.1 Å². The molecule has 0 amide bonds. The van der Waals surface area contributed by atoms with Gasteiger partial charge in [0.15, 0.2) is 17.7 Å². The number of anilines is 1. The van der Waals surface area contributed by atoms with Crippen LogP contribution in [0.5, 0.6) is 5.75 Å². The van der Waals surface area contributed by atoms with Crippen LogP contribution >= 0.6 is 0 Å². The lowest BCUT2D eigenvalue weighted by Gasteiger charge is -2.18. The van der Waals surface area contributed by atoms with Crippen molar-refractivity contribution in [2.45, 2.75) is 13.0 Å². The first kappa shape index (κ1) is 21.9. The predicted octanol–water partition coefficient (Wildman–Crippen LogP) is 1.66. The molecule has 2 aromatic rings. The van der Waals surface area contributed by atoms with Crippen LogP contribution in [0, 0.1) is 19.3 Å². The molecule has 1 aromatic carbocycles. The molecule has 31 heavy (non-hydrogen) atoms. The van der Waals surface area contributed by atoms with Gasteiger partial charge in [0.1, 0.15) is 23.1 Å². The van der Waals surface area contributed by atoms with Crippen molar-refractivity contribution in [3.63, 3.8) is 0 Å². The lowest BCUT2D eigenvalue weighted by molar-refractivity contribution is 0.473. The standard InChI is InChI=1S/C20H22N6O4S/c1-6-14(16-11-10-12(2)30-16)22-18-19(25-31(28,29)24-18)23-15-9-7-8-13(17(15)27)20(21-3)26(4)5/h1,7-11,14,27H,2-5H3,(H,22,24)(H,23,25). The fraction of sp³-hybridized carbons (Fsp3) is 0.250. The number of phenolic OH excluding ortho intramolecular Hbond substituents is 1. The molecule has 3 N–H and O–H groups in total. The number of nitrogens with one attached hydrogen (secondary N) is 2. The lowest BCUT2D eigenvalue weighted by atomic mass is 10.1. The number of nitrogens with zero attached hydrogens (tertiary/aromatic N) is 4. The fourth-order valence-electron chi connectivity index (χ4n) is 2.95. The smallest absolute Gasteiger partial charge is 0.345 e. The van der Waals surface area contributed by atoms with Crippen molar-refractivity contribution in [3.05, 3.63) is 47.4 Å². The lowest BCUT2D eigenvalue weighted by Crippen LogP contribution is -2.31. The molecule has 0 saturated heterocycles. The number of aromatic hydroxyl groups is 1. The molecule has 3 rings (SSSR count). The SMILES string of the molecule is C#CC(N=C1NS(=O)(=O)N=C1Nc1cccc(C(=NC)N(C)C)c1O)c1ccc(C)o1. The highest BCUT2D eigenvalue weighted by Gasteiger charge is 2.29. The number of terminal acetylenes is 1. The zero-order valence-corrected chi connectivity index (χ0v) is 18.2. The predicted molar refractivity (Wildman–Crippen MR) is 120 cm³/mol. The molecule has 1 unspecified atom stereocenters. The van der Waals surface area contributed by atoms with Crippen LogP contribution in [0.4, 0.5) is 5.69 Å². The number of aryl methyl sites for hydroxylation is 1. The minimum atomic E-state index is -4.02. The van der Waals surface area contributed by atoms with Gasteiger partial charge in [-0.25, -0.2) is 9.71 Å². The molecule has 1 aromatic heterocycles. The van der Waals surface area contributed by atoms with Crippen molar-refractivity contribution in [2.75, 3.05) is 26.5 Å². The molecule has 0 spiro atoms. The number of para-hydroxylation sites is 1. The molecule has 0 saturated carbocycles. The minimum Gasteiger partial charge on any atom is -0.505 e. The summed E-state index contributed by atoms with van der Waals surface area (Å²) < 4.78 is 35.5. The Balaban J connectivity index is 1.99. The van der Waals surface area contributed by atoms with Crippen LogP contribution in [0.1, 0.15) is 23.1 Å². The van der Waals surface area contributed by atoms with Crippen LogP contribution in [0.15, 0.2) is 49.1 Å². The number of hydrogen-bond donors (Lipinski definition) is 3. The molecule has 0 fully saturated rings. The van der Waals surface area contributed by atoms with Crippen molar-refractivity contribution in [2.24, 2.45) is 14.4 Å². The maximum Gasteiger partial charge on any atom is 0.345 e. The first-order valence-electron chi connectivity index (χ1n) is 9.12. The van der Waals surface area contributed by atoms with Crippen molar-refractivity contribution in [1.82, 2.24) is 9.62 Å². The van der Waals surface area contributed by atoms with Crippen molar-refractivity contribution in [3.8, 4) is 18.1 Å². The highest BCUT2D eigenvalue weighted by Crippen LogP contribution is 2.29. The van der Waals surface area contributed by atoms with Gasteiger partial charge in [0.05, 0.1) is 11.3 Å². The molecule has 0 bridgehead atoms. The van der Waals surface area contributed by atoms with Gasteiger partial charge < -0.3 is 19.7 Å². The monoisotopic (exact) mass is 442 g/mol. The number of benzene rings is 1. The Morgan fingerprint density at radius 2 is 2.10 bits per heavy atom. The molecule has 1 atom stereocenters. The Morgan fingerprint density at radius 1 is 1.35 bits per heavy atom. The van der Waals surface area contributed by atoms with E-state index in [4.69, 9.17) is 10.8 Å². The van der Waals surface area contributed by atoms with Gasteiger partial charge in [-0.1, -0.05) is 12.0 Å². The van der Waals surface area contributed by atoms with E-state index in [9.17, 15) is 13.5 Å². The normalized spacial score (nSPS) is 17.6. The van der Waals surface area contributed by atoms with Gasteiger partial charge in [0.2, 0.25) is 0 Å². The maximum atomic E-state index is 12.1. The average molecular weight is 443 g/mol. The largest absolute Gasteiger partial charge is 0.505 e. The maximum absolute atomic E-state index is 12.1. The minimum absolute atomic E-state index is 0.0983. The summed E-state index contributed by atoms with van der Waals surface area (Å²) in [7, 11) is 1.17. The number of furan rings is 1. The summed E-state index contributed by atoms with van der Waals surface area (Å²) in [5.74, 6) is 3.68. The highest BCUT2D eigenvalue weighted by molar-refractivity contribution is 7.89. The number of hydrogen-bond acceptors (Lipinski definition) is 7. The van der Waals surface area contributed by atoms with E-state index in [-0.39, 0.29) is 23.1 Å². The Morgan fingerprint density at radius 3 is 2.68 bits per heavy atom. The third-order valence-electron chi connectivity index (χ3n) is 4.27. The Hall–Kier alpha value is -3.78. The highest BCUT2D eigenvalue weighted by atomic mass is 32.2. The zero-order valence-electron chi connectivity index (χ0n) is 17.4. The van der Waals surface area contributed by atoms with Gasteiger partial charge in [-0.3, -0.25) is 4.99 Å². The second-order valence-corrected chi connectivity index (χ2v) is 8.12. The van der Waals surface area contributed by atoms with E-state index in [1.165, 1.54) is 0 Å². The van der Waals surface area contributed by atoms with Crippen LogP contribution < -0.4 is 10.0 Å². The number of aliphatic imine (C=N–C) groups is 2. The molecule has 2 heterocycles. The second kappa shape index (κ2) is 8.53. The van der Waals surface area contributed by atoms with E-state index < -0.39 is 16.3 Å². The van der Waals surface area contributed by atoms with Gasteiger partial charge in [-0.05, 0) is 31.2 Å². The summed E-state index contributed by atoms with van der Waals surface area (Å²) >= 11 is 0. The molecule has 1 aliphatic heterocycles. The van der Waals surface area contributed by atoms with Crippen LogP contribution in [0.2, 0.25) is 0 Å². The fourth-order valence-corrected chi connectivity index (χ4v) is 3.76. The van der Waals surface area contributed by atoms with Crippen LogP contribution in [0.25, 0.3) is 0 Å². The number of rotatable bonds is 4. The summed E-state index contributed by atoms with van der Waals surface area (Å²) in [5, 5.41) is 13.6. The van der Waals surface area contributed by atoms with Crippen molar-refractivity contribution < 1.29 is 17.9 Å². The van der Waals surface area contributed by atoms with E-state index in [1.54, 1.807) is 63.3 Å². The first-order valence-corrected chi connectivity index (χ1v) is 10.6. The summed E-state index contributed by atoms with van der Waals surface area (Å²) in [6.07, 6.45) is 5.57. The van der Waals surface area contributed by atoms with E-state index in [0.717, 1.165) is 0 Å². The Labute approximate surface area is 180 Å². The van der Waals surface area contributed by atoms with Crippen molar-refractivity contribution in [1.29, 1.82) is 0 Å². The van der Waals surface area contributed by atoms with Crippen LogP contribution in [-0.2, 0) is 10.2 Å².